The van der Waals surface area contributed by atoms with Gasteiger partial charge in [-0.2, -0.15) is 0 Å². The molecule has 0 aliphatic carbocycles. The minimum atomic E-state index is -0.117. The van der Waals surface area contributed by atoms with Crippen LogP contribution >= 0.6 is 27.7 Å². The summed E-state index contributed by atoms with van der Waals surface area (Å²) in [5.41, 5.74) is -0.117. The number of benzene rings is 1. The van der Waals surface area contributed by atoms with Crippen LogP contribution in [0.25, 0.3) is 0 Å². The van der Waals surface area contributed by atoms with Crippen molar-refractivity contribution in [1.82, 2.24) is 4.90 Å². The predicted molar refractivity (Wildman–Crippen MR) is 86.6 cm³/mol. The molecule has 19 heavy (non-hydrogen) atoms. The summed E-state index contributed by atoms with van der Waals surface area (Å²) in [5.74, 6) is 0.117. The highest BCUT2D eigenvalue weighted by molar-refractivity contribution is 9.10. The highest BCUT2D eigenvalue weighted by Gasteiger charge is 2.27. The van der Waals surface area contributed by atoms with Crippen LogP contribution in [0.2, 0.25) is 0 Å². The Morgan fingerprint density at radius 1 is 1.37 bits per heavy atom. The molecule has 0 N–H and O–H groups in total. The zero-order chi connectivity index (χ0) is 14.6. The summed E-state index contributed by atoms with van der Waals surface area (Å²) >= 11 is 5.29. The van der Waals surface area contributed by atoms with Gasteiger partial charge in [0.2, 0.25) is 5.91 Å². The third kappa shape index (κ3) is 5.19. The van der Waals surface area contributed by atoms with Crippen LogP contribution in [0.3, 0.4) is 0 Å². The van der Waals surface area contributed by atoms with Crippen LogP contribution in [0, 0.1) is 0 Å². The van der Waals surface area contributed by atoms with Crippen LogP contribution in [0.4, 0.5) is 0 Å². The normalized spacial score (nSPS) is 13.2. The van der Waals surface area contributed by atoms with E-state index in [2.05, 4.69) is 61.0 Å². The molecule has 0 aliphatic rings. The molecular weight excluding hydrogens is 322 g/mol. The van der Waals surface area contributed by atoms with Crippen LogP contribution < -0.4 is 0 Å². The van der Waals surface area contributed by atoms with Gasteiger partial charge in [-0.05, 0) is 44.5 Å². The Kier molecular flexibility index (Phi) is 5.93. The Labute approximate surface area is 129 Å². The Balaban J connectivity index is 2.62. The lowest BCUT2D eigenvalue weighted by atomic mass is 9.97. The number of nitrogens with zero attached hydrogens (tertiary/aromatic N) is 1. The first-order chi connectivity index (χ1) is 8.72. The molecule has 2 nitrogen and oxygen atoms in total. The van der Waals surface area contributed by atoms with E-state index in [-0.39, 0.29) is 11.4 Å². The van der Waals surface area contributed by atoms with Crippen molar-refractivity contribution in [3.8, 4) is 0 Å². The quantitative estimate of drug-likeness (QED) is 0.729. The first-order valence-corrected chi connectivity index (χ1v) is 8.06. The number of carbonyl (C=O) groups is 1. The van der Waals surface area contributed by atoms with Crippen molar-refractivity contribution in [3.63, 3.8) is 0 Å². The molecule has 0 radical (unpaired) electrons. The molecule has 1 aromatic rings. The lowest BCUT2D eigenvalue weighted by Gasteiger charge is -2.37. The second-order valence-corrected chi connectivity index (χ2v) is 7.90. The largest absolute Gasteiger partial charge is 0.341 e. The third-order valence-electron chi connectivity index (χ3n) is 3.32. The van der Waals surface area contributed by atoms with Crippen molar-refractivity contribution in [1.29, 1.82) is 0 Å². The summed E-state index contributed by atoms with van der Waals surface area (Å²) in [5, 5.41) is 0.456. The summed E-state index contributed by atoms with van der Waals surface area (Å²) in [4.78, 5) is 14.6. The smallest absolute Gasteiger partial charge is 0.219 e. The van der Waals surface area contributed by atoms with Crippen LogP contribution in [0.15, 0.2) is 33.6 Å². The Hall–Kier alpha value is -0.480. The number of carbonyl (C=O) groups excluding carboxylic acids is 1. The summed E-state index contributed by atoms with van der Waals surface area (Å²) in [6.07, 6.45) is 0.962. The SMILES string of the molecule is CC(=O)N(C)C(C)(C)CC(C)Sc1ccc(Br)cc1. The maximum absolute atomic E-state index is 11.5. The van der Waals surface area contributed by atoms with Gasteiger partial charge in [-0.3, -0.25) is 4.79 Å². The molecule has 0 aromatic heterocycles. The summed E-state index contributed by atoms with van der Waals surface area (Å²) in [6, 6.07) is 8.35. The van der Waals surface area contributed by atoms with E-state index in [1.165, 1.54) is 4.90 Å². The van der Waals surface area contributed by atoms with Gasteiger partial charge in [0.25, 0.3) is 0 Å². The van der Waals surface area contributed by atoms with Crippen LogP contribution in [0.5, 0.6) is 0 Å². The van der Waals surface area contributed by atoms with Gasteiger partial charge in [-0.1, -0.05) is 22.9 Å². The van der Waals surface area contributed by atoms with Crippen molar-refractivity contribution in [2.75, 3.05) is 7.05 Å². The molecule has 0 saturated carbocycles. The fourth-order valence-corrected chi connectivity index (χ4v) is 3.57. The predicted octanol–water partition coefficient (Wildman–Crippen LogP) is 4.58. The maximum atomic E-state index is 11.5. The number of rotatable bonds is 5. The molecule has 0 spiro atoms. The Morgan fingerprint density at radius 2 is 1.89 bits per heavy atom. The number of halogens is 1. The Bertz CT molecular complexity index is 430. The molecule has 0 fully saturated rings. The number of hydrogen-bond donors (Lipinski definition) is 0. The first kappa shape index (κ1) is 16.6. The number of thioether (sulfide) groups is 1. The molecule has 1 aromatic carbocycles. The van der Waals surface area contributed by atoms with Gasteiger partial charge < -0.3 is 4.90 Å². The van der Waals surface area contributed by atoms with Crippen LogP contribution in [-0.2, 0) is 4.79 Å². The van der Waals surface area contributed by atoms with Gasteiger partial charge in [-0.25, -0.2) is 0 Å². The van der Waals surface area contributed by atoms with Crippen molar-refractivity contribution >= 4 is 33.6 Å². The zero-order valence-corrected chi connectivity index (χ0v) is 14.6. The highest BCUT2D eigenvalue weighted by atomic mass is 79.9. The standard InChI is InChI=1S/C15H22BrNOS/c1-11(10-15(3,4)17(5)12(2)18)19-14-8-6-13(16)7-9-14/h6-9,11H,10H2,1-5H3. The number of hydrogen-bond acceptors (Lipinski definition) is 2. The second-order valence-electron chi connectivity index (χ2n) is 5.48. The number of amides is 1. The van der Waals surface area contributed by atoms with E-state index in [9.17, 15) is 4.79 Å². The molecule has 4 heteroatoms. The average Bonchev–Trinajstić information content (AvgIpc) is 2.30. The van der Waals surface area contributed by atoms with Gasteiger partial charge in [0, 0.05) is 34.1 Å². The summed E-state index contributed by atoms with van der Waals surface area (Å²) in [7, 11) is 1.87. The van der Waals surface area contributed by atoms with E-state index in [4.69, 9.17) is 0 Å². The van der Waals surface area contributed by atoms with E-state index in [1.54, 1.807) is 6.92 Å². The first-order valence-electron chi connectivity index (χ1n) is 6.39. The monoisotopic (exact) mass is 343 g/mol. The minimum Gasteiger partial charge on any atom is -0.341 e. The molecule has 0 heterocycles. The van der Waals surface area contributed by atoms with Crippen molar-refractivity contribution in [2.24, 2.45) is 0 Å². The molecule has 1 rings (SSSR count). The molecule has 0 aliphatic heterocycles. The molecule has 1 atom stereocenters. The van der Waals surface area contributed by atoms with Gasteiger partial charge in [0.1, 0.15) is 0 Å². The molecular formula is C15H22BrNOS. The lowest BCUT2D eigenvalue weighted by Crippen LogP contribution is -2.45. The third-order valence-corrected chi connectivity index (χ3v) is 4.96. The van der Waals surface area contributed by atoms with E-state index < -0.39 is 0 Å². The zero-order valence-electron chi connectivity index (χ0n) is 12.2. The molecule has 106 valence electrons. The summed E-state index contributed by atoms with van der Waals surface area (Å²) < 4.78 is 1.10. The van der Waals surface area contributed by atoms with E-state index >= 15 is 0 Å². The fourth-order valence-electron chi connectivity index (χ4n) is 2.05. The second kappa shape index (κ2) is 6.80. The van der Waals surface area contributed by atoms with Crippen LogP contribution in [-0.4, -0.2) is 28.6 Å². The fraction of sp³-hybridized carbons (Fsp3) is 0.533. The summed E-state index contributed by atoms with van der Waals surface area (Å²) in [6.45, 7) is 8.07. The van der Waals surface area contributed by atoms with Gasteiger partial charge >= 0.3 is 0 Å². The molecule has 1 amide bonds. The van der Waals surface area contributed by atoms with Crippen molar-refractivity contribution < 1.29 is 4.79 Å². The van der Waals surface area contributed by atoms with Crippen LogP contribution in [0.1, 0.15) is 34.1 Å². The maximum Gasteiger partial charge on any atom is 0.219 e. The minimum absolute atomic E-state index is 0.117. The van der Waals surface area contributed by atoms with E-state index in [1.807, 2.05) is 23.7 Å². The van der Waals surface area contributed by atoms with E-state index in [0.717, 1.165) is 10.9 Å². The Morgan fingerprint density at radius 3 is 2.37 bits per heavy atom. The average molecular weight is 344 g/mol. The highest BCUT2D eigenvalue weighted by Crippen LogP contribution is 2.31. The van der Waals surface area contributed by atoms with Crippen molar-refractivity contribution in [2.45, 2.75) is 49.8 Å². The van der Waals surface area contributed by atoms with E-state index in [0.29, 0.717) is 5.25 Å². The topological polar surface area (TPSA) is 20.3 Å². The van der Waals surface area contributed by atoms with Crippen molar-refractivity contribution in [3.05, 3.63) is 28.7 Å². The molecule has 0 bridgehead atoms. The van der Waals surface area contributed by atoms with Gasteiger partial charge in [0.05, 0.1) is 0 Å². The lowest BCUT2D eigenvalue weighted by molar-refractivity contribution is -0.132. The molecule has 1 unspecified atom stereocenters. The van der Waals surface area contributed by atoms with Gasteiger partial charge in [0.15, 0.2) is 0 Å². The molecule has 0 saturated heterocycles. The van der Waals surface area contributed by atoms with Gasteiger partial charge in [-0.15, -0.1) is 11.8 Å².